The van der Waals surface area contributed by atoms with Crippen molar-refractivity contribution in [3.05, 3.63) is 149 Å². The fourth-order valence-electron chi connectivity index (χ4n) is 5.72. The topological polar surface area (TPSA) is 113 Å². The van der Waals surface area contributed by atoms with Crippen molar-refractivity contribution in [1.82, 2.24) is 10.2 Å². The molecule has 6 aromatic rings. The summed E-state index contributed by atoms with van der Waals surface area (Å²) in [5.74, 6) is -0.733. The molecule has 5 aromatic carbocycles. The second kappa shape index (κ2) is 13.3. The van der Waals surface area contributed by atoms with Crippen molar-refractivity contribution in [2.75, 3.05) is 4.90 Å². The zero-order valence-electron chi connectivity index (χ0n) is 25.7. The third-order valence-electron chi connectivity index (χ3n) is 8.27. The Morgan fingerprint density at radius 1 is 0.854 bits per heavy atom. The van der Waals surface area contributed by atoms with Gasteiger partial charge in [-0.15, -0.1) is 10.2 Å². The molecule has 48 heavy (non-hydrogen) atoms. The van der Waals surface area contributed by atoms with Crippen LogP contribution in [0, 0.1) is 6.92 Å². The lowest BCUT2D eigenvalue weighted by Crippen LogP contribution is -2.29. The molecule has 2 heterocycles. The van der Waals surface area contributed by atoms with Crippen LogP contribution in [0.4, 0.5) is 5.13 Å². The third kappa shape index (κ3) is 6.15. The number of carbonyl (C=O) groups excluding carboxylic acids is 2. The number of amides is 1. The van der Waals surface area contributed by atoms with E-state index in [1.54, 1.807) is 36.4 Å². The molecule has 0 bridgehead atoms. The second-order valence-electron chi connectivity index (χ2n) is 11.3. The van der Waals surface area contributed by atoms with E-state index in [1.807, 2.05) is 49.4 Å². The summed E-state index contributed by atoms with van der Waals surface area (Å²) >= 11 is 2.69. The average Bonchev–Trinajstić information content (AvgIpc) is 3.68. The summed E-state index contributed by atoms with van der Waals surface area (Å²) in [6, 6.07) is 34.2. The van der Waals surface area contributed by atoms with Gasteiger partial charge in [-0.25, -0.2) is 0 Å². The van der Waals surface area contributed by atoms with E-state index in [1.165, 1.54) is 40.1 Å². The molecule has 10 heteroatoms. The summed E-state index contributed by atoms with van der Waals surface area (Å²) in [6.45, 7) is 2.40. The van der Waals surface area contributed by atoms with E-state index in [9.17, 15) is 19.8 Å². The molecule has 1 atom stereocenters. The van der Waals surface area contributed by atoms with Crippen LogP contribution in [0.1, 0.15) is 33.9 Å². The van der Waals surface area contributed by atoms with Crippen molar-refractivity contribution in [2.24, 2.45) is 0 Å². The van der Waals surface area contributed by atoms with Gasteiger partial charge in [0.15, 0.2) is 4.34 Å². The molecule has 1 fully saturated rings. The van der Waals surface area contributed by atoms with Crippen LogP contribution in [0.3, 0.4) is 0 Å². The number of rotatable bonds is 9. The number of aliphatic hydroxyl groups is 1. The summed E-state index contributed by atoms with van der Waals surface area (Å²) in [4.78, 5) is 28.5. The number of aryl methyl sites for hydroxylation is 1. The van der Waals surface area contributed by atoms with Crippen LogP contribution in [-0.2, 0) is 21.9 Å². The Balaban J connectivity index is 1.18. The van der Waals surface area contributed by atoms with Crippen LogP contribution in [0.25, 0.3) is 16.5 Å². The molecule has 0 radical (unpaired) electrons. The first kappa shape index (κ1) is 31.2. The molecular formula is C38H29N3O5S2. The minimum absolute atomic E-state index is 0.0278. The minimum atomic E-state index is -0.994. The number of nitrogens with zero attached hydrogens (tertiary/aromatic N) is 3. The van der Waals surface area contributed by atoms with Gasteiger partial charge in [-0.3, -0.25) is 14.5 Å². The molecule has 7 rings (SSSR count). The van der Waals surface area contributed by atoms with Crippen LogP contribution >= 0.6 is 23.1 Å². The van der Waals surface area contributed by atoms with Gasteiger partial charge in [0, 0.05) is 11.3 Å². The summed E-state index contributed by atoms with van der Waals surface area (Å²) in [6.07, 6.45) is 0. The van der Waals surface area contributed by atoms with Crippen molar-refractivity contribution >= 4 is 56.5 Å². The summed E-state index contributed by atoms with van der Waals surface area (Å²) in [7, 11) is 0. The number of thioether (sulfide) groups is 1. The summed E-state index contributed by atoms with van der Waals surface area (Å²) in [5.41, 5.74) is 4.11. The number of hydrogen-bond donors (Lipinski definition) is 2. The lowest BCUT2D eigenvalue weighted by atomic mass is 9.95. The number of phenolic OH excluding ortho intramolecular Hbond substituents is 1. The van der Waals surface area contributed by atoms with Crippen molar-refractivity contribution in [2.45, 2.75) is 29.7 Å². The number of carbonyl (C=O) groups is 2. The molecule has 1 aliphatic rings. The molecule has 0 aliphatic carbocycles. The van der Waals surface area contributed by atoms with E-state index in [0.717, 1.165) is 27.5 Å². The number of benzene rings is 5. The number of ketones is 1. The predicted molar refractivity (Wildman–Crippen MR) is 188 cm³/mol. The maximum absolute atomic E-state index is 13.6. The molecule has 1 amide bonds. The number of anilines is 1. The predicted octanol–water partition coefficient (Wildman–Crippen LogP) is 8.20. The zero-order chi connectivity index (χ0) is 33.2. The zero-order valence-corrected chi connectivity index (χ0v) is 27.4. The third-order valence-corrected chi connectivity index (χ3v) is 10.4. The normalized spacial score (nSPS) is 15.7. The highest BCUT2D eigenvalue weighted by Gasteiger charge is 2.48. The Bertz CT molecular complexity index is 2170. The van der Waals surface area contributed by atoms with Gasteiger partial charge in [0.05, 0.1) is 11.6 Å². The van der Waals surface area contributed by atoms with Gasteiger partial charge in [0.2, 0.25) is 5.13 Å². The van der Waals surface area contributed by atoms with E-state index in [2.05, 4.69) is 34.5 Å². The minimum Gasteiger partial charge on any atom is -0.508 e. The number of aliphatic hydroxyl groups excluding tert-OH is 1. The van der Waals surface area contributed by atoms with Gasteiger partial charge in [-0.05, 0) is 76.3 Å². The summed E-state index contributed by atoms with van der Waals surface area (Å²) < 4.78 is 6.58. The molecule has 0 spiro atoms. The molecule has 238 valence electrons. The highest BCUT2D eigenvalue weighted by atomic mass is 32.2. The molecule has 1 saturated heterocycles. The van der Waals surface area contributed by atoms with Crippen molar-refractivity contribution in [1.29, 1.82) is 0 Å². The largest absolute Gasteiger partial charge is 0.508 e. The lowest BCUT2D eigenvalue weighted by Gasteiger charge is -2.22. The maximum Gasteiger partial charge on any atom is 0.301 e. The fraction of sp³-hybridized carbons (Fsp3) is 0.105. The second-order valence-corrected chi connectivity index (χ2v) is 13.5. The monoisotopic (exact) mass is 671 g/mol. The van der Waals surface area contributed by atoms with Crippen molar-refractivity contribution < 1.29 is 24.5 Å². The van der Waals surface area contributed by atoms with Gasteiger partial charge < -0.3 is 14.9 Å². The Morgan fingerprint density at radius 2 is 1.56 bits per heavy atom. The Hall–Kier alpha value is -5.45. The van der Waals surface area contributed by atoms with E-state index in [0.29, 0.717) is 33.6 Å². The van der Waals surface area contributed by atoms with Gasteiger partial charge in [-0.2, -0.15) is 0 Å². The average molecular weight is 672 g/mol. The molecule has 8 nitrogen and oxygen atoms in total. The first-order valence-corrected chi connectivity index (χ1v) is 17.0. The van der Waals surface area contributed by atoms with Crippen LogP contribution in [0.15, 0.2) is 125 Å². The fourth-order valence-corrected chi connectivity index (χ4v) is 7.59. The highest BCUT2D eigenvalue weighted by Crippen LogP contribution is 2.44. The molecular weight excluding hydrogens is 643 g/mol. The van der Waals surface area contributed by atoms with Crippen LogP contribution < -0.4 is 9.64 Å². The number of phenols is 1. The number of fused-ring (bicyclic) bond motifs is 1. The number of aromatic hydroxyl groups is 1. The molecule has 0 saturated carbocycles. The van der Waals surface area contributed by atoms with E-state index < -0.39 is 17.7 Å². The van der Waals surface area contributed by atoms with Gasteiger partial charge in [0.1, 0.15) is 23.9 Å². The smallest absolute Gasteiger partial charge is 0.301 e. The van der Waals surface area contributed by atoms with E-state index in [-0.39, 0.29) is 22.2 Å². The first-order chi connectivity index (χ1) is 23.4. The first-order valence-electron chi connectivity index (χ1n) is 15.2. The molecule has 2 N–H and O–H groups in total. The molecule has 1 aliphatic heterocycles. The molecule has 1 aromatic heterocycles. The number of hydrogen-bond acceptors (Lipinski definition) is 9. The van der Waals surface area contributed by atoms with Crippen LogP contribution in [-0.4, -0.2) is 32.1 Å². The van der Waals surface area contributed by atoms with E-state index >= 15 is 0 Å². The van der Waals surface area contributed by atoms with Crippen molar-refractivity contribution in [3.63, 3.8) is 0 Å². The summed E-state index contributed by atoms with van der Waals surface area (Å²) in [5, 5.41) is 32.7. The number of aromatic nitrogens is 2. The van der Waals surface area contributed by atoms with Gasteiger partial charge in [-0.1, -0.05) is 102 Å². The van der Waals surface area contributed by atoms with E-state index in [4.69, 9.17) is 4.74 Å². The Morgan fingerprint density at radius 3 is 2.35 bits per heavy atom. The maximum atomic E-state index is 13.6. The standard InChI is InChI=1S/C38H29N3O5S2/c1-23-7-2-3-9-27(23)21-46-30-19-15-26(16-20-30)34(43)32-33(25-13-17-29(42)18-14-25)41(36(45)35(32)44)37-39-40-38(48-37)47-22-28-11-6-10-24-8-4-5-12-31(24)28/h2-20,33,42-43H,21-22H2,1H3. The Labute approximate surface area is 285 Å². The number of ether oxygens (including phenoxy) is 1. The Kier molecular flexibility index (Phi) is 8.66. The highest BCUT2D eigenvalue weighted by molar-refractivity contribution is 8.00. The van der Waals surface area contributed by atoms with Gasteiger partial charge in [0.25, 0.3) is 5.78 Å². The van der Waals surface area contributed by atoms with Gasteiger partial charge >= 0.3 is 5.91 Å². The number of Topliss-reactive ketones (excluding diaryl/α,β-unsaturated/α-hetero) is 1. The molecule has 1 unspecified atom stereocenters. The SMILES string of the molecule is Cc1ccccc1COc1ccc(C(O)=C2C(=O)C(=O)N(c3nnc(SCc4cccc5ccccc45)s3)C2c2ccc(O)cc2)cc1. The van der Waals surface area contributed by atoms with Crippen LogP contribution in [0.2, 0.25) is 0 Å². The lowest BCUT2D eigenvalue weighted by molar-refractivity contribution is -0.132. The van der Waals surface area contributed by atoms with Crippen LogP contribution in [0.5, 0.6) is 11.5 Å². The van der Waals surface area contributed by atoms with Crippen molar-refractivity contribution in [3.8, 4) is 11.5 Å². The quantitative estimate of drug-likeness (QED) is 0.0520.